The minimum atomic E-state index is -0.114. The molecule has 0 unspecified atom stereocenters. The third-order valence-corrected chi connectivity index (χ3v) is 9.07. The molecule has 0 fully saturated rings. The Morgan fingerprint density at radius 2 is 1.36 bits per heavy atom. The predicted octanol–water partition coefficient (Wildman–Crippen LogP) is 10.6. The van der Waals surface area contributed by atoms with E-state index in [-0.39, 0.29) is 5.41 Å². The number of para-hydroxylation sites is 1. The molecule has 0 amide bonds. The van der Waals surface area contributed by atoms with E-state index in [1.54, 1.807) is 0 Å². The molecule has 0 atom stereocenters. The van der Waals surface area contributed by atoms with E-state index < -0.39 is 0 Å². The molecule has 0 spiro atoms. The number of fused-ring (bicyclic) bond motifs is 6. The van der Waals surface area contributed by atoms with Crippen LogP contribution in [0, 0.1) is 0 Å². The lowest BCUT2D eigenvalue weighted by atomic mass is 9.81. The van der Waals surface area contributed by atoms with Crippen LogP contribution in [0.2, 0.25) is 0 Å². The molecule has 0 radical (unpaired) electrons. The summed E-state index contributed by atoms with van der Waals surface area (Å²) in [5.41, 5.74) is 8.82. The van der Waals surface area contributed by atoms with Gasteiger partial charge in [-0.1, -0.05) is 96.5 Å². The van der Waals surface area contributed by atoms with Crippen LogP contribution < -0.4 is 4.90 Å². The lowest BCUT2D eigenvalue weighted by molar-refractivity contribution is 0.660. The Kier molecular flexibility index (Phi) is 4.89. The van der Waals surface area contributed by atoms with E-state index in [4.69, 9.17) is 0 Å². The third kappa shape index (κ3) is 3.20. The van der Waals surface area contributed by atoms with Gasteiger partial charge in [0.1, 0.15) is 0 Å². The summed E-state index contributed by atoms with van der Waals surface area (Å²) in [6.45, 7) is 4.71. The molecule has 1 aromatic heterocycles. The molecule has 5 aromatic carbocycles. The van der Waals surface area contributed by atoms with Gasteiger partial charge in [-0.3, -0.25) is 0 Å². The summed E-state index contributed by atoms with van der Waals surface area (Å²) >= 11 is 5.72. The van der Waals surface area contributed by atoms with Crippen LogP contribution in [0.25, 0.3) is 31.3 Å². The lowest BCUT2D eigenvalue weighted by Crippen LogP contribution is -2.20. The van der Waals surface area contributed by atoms with Crippen LogP contribution in [-0.4, -0.2) is 0 Å². The second kappa shape index (κ2) is 8.06. The van der Waals surface area contributed by atoms with Gasteiger partial charge in [-0.2, -0.15) is 0 Å². The molecule has 0 bridgehead atoms. The van der Waals surface area contributed by atoms with Gasteiger partial charge in [0.25, 0.3) is 0 Å². The van der Waals surface area contributed by atoms with Crippen molar-refractivity contribution >= 4 is 64.5 Å². The number of hydrogen-bond donors (Lipinski definition) is 0. The number of anilines is 3. The molecule has 7 rings (SSSR count). The molecular weight excluding hydrogens is 522 g/mol. The molecule has 1 aliphatic rings. The highest BCUT2D eigenvalue weighted by molar-refractivity contribution is 9.10. The van der Waals surface area contributed by atoms with Crippen LogP contribution >= 0.6 is 27.3 Å². The fraction of sp³-hybridized carbons (Fsp3) is 0.0909. The molecule has 3 heteroatoms. The maximum Gasteiger partial charge on any atom is 0.0519 e. The molecule has 1 nitrogen and oxygen atoms in total. The van der Waals surface area contributed by atoms with Crippen LogP contribution in [0.3, 0.4) is 0 Å². The fourth-order valence-electron chi connectivity index (χ4n) is 5.89. The minimum absolute atomic E-state index is 0.114. The first-order valence-electron chi connectivity index (χ1n) is 12.2. The number of nitrogens with zero attached hydrogens (tertiary/aromatic N) is 1. The highest BCUT2D eigenvalue weighted by Gasteiger charge is 2.39. The van der Waals surface area contributed by atoms with Gasteiger partial charge in [-0.15, -0.1) is 11.3 Å². The summed E-state index contributed by atoms with van der Waals surface area (Å²) in [7, 11) is 0. The number of halogens is 1. The monoisotopic (exact) mass is 545 g/mol. The normalized spacial score (nSPS) is 13.6. The second-order valence-corrected chi connectivity index (χ2v) is 12.0. The molecule has 0 aliphatic heterocycles. The largest absolute Gasteiger partial charge is 0.310 e. The lowest BCUT2D eigenvalue weighted by Gasteiger charge is -2.32. The molecule has 36 heavy (non-hydrogen) atoms. The van der Waals surface area contributed by atoms with E-state index in [1.807, 2.05) is 11.3 Å². The van der Waals surface area contributed by atoms with Crippen molar-refractivity contribution in [3.05, 3.63) is 125 Å². The van der Waals surface area contributed by atoms with Gasteiger partial charge in [-0.05, 0) is 64.7 Å². The summed E-state index contributed by atoms with van der Waals surface area (Å²) in [5.74, 6) is 0. The zero-order valence-electron chi connectivity index (χ0n) is 20.1. The summed E-state index contributed by atoms with van der Waals surface area (Å²) < 4.78 is 3.73. The van der Waals surface area contributed by atoms with Crippen molar-refractivity contribution in [3.8, 4) is 11.1 Å². The van der Waals surface area contributed by atoms with E-state index >= 15 is 0 Å². The highest BCUT2D eigenvalue weighted by Crippen LogP contribution is 2.55. The molecule has 174 valence electrons. The van der Waals surface area contributed by atoms with Crippen LogP contribution in [0.1, 0.15) is 25.0 Å². The zero-order chi connectivity index (χ0) is 24.4. The van der Waals surface area contributed by atoms with Crippen molar-refractivity contribution < 1.29 is 0 Å². The summed E-state index contributed by atoms with van der Waals surface area (Å²) in [6.07, 6.45) is 0. The molecule has 6 aromatic rings. The molecular formula is C33H24BrNS. The van der Waals surface area contributed by atoms with E-state index in [1.165, 1.54) is 53.8 Å². The van der Waals surface area contributed by atoms with Gasteiger partial charge in [0.05, 0.1) is 5.69 Å². The van der Waals surface area contributed by atoms with Gasteiger partial charge in [0.2, 0.25) is 0 Å². The topological polar surface area (TPSA) is 3.24 Å². The first-order chi connectivity index (χ1) is 17.5. The number of benzene rings is 5. The standard InChI is InChI=1S/C33H24BrNS/c1-33(2)28-14-8-6-12-24(28)27-18-21(34)19-29(32(27)33)35(22-10-4-3-5-11-22)23-16-17-26-25-13-7-9-15-30(25)36-31(26)20-23/h3-20H,1-2H3. The Labute approximate surface area is 223 Å². The Bertz CT molecular complexity index is 1780. The summed E-state index contributed by atoms with van der Waals surface area (Å²) in [5, 5.41) is 2.65. The Morgan fingerprint density at radius 1 is 0.639 bits per heavy atom. The Balaban J connectivity index is 1.52. The van der Waals surface area contributed by atoms with Crippen molar-refractivity contribution in [1.82, 2.24) is 0 Å². The molecule has 0 saturated carbocycles. The second-order valence-electron chi connectivity index (χ2n) is 9.97. The van der Waals surface area contributed by atoms with Gasteiger partial charge in [-0.25, -0.2) is 0 Å². The van der Waals surface area contributed by atoms with E-state index in [2.05, 4.69) is 144 Å². The SMILES string of the molecule is CC1(C)c2ccccc2-c2cc(Br)cc(N(c3ccccc3)c3ccc4c(c3)sc3ccccc34)c21. The van der Waals surface area contributed by atoms with Crippen molar-refractivity contribution in [2.24, 2.45) is 0 Å². The summed E-state index contributed by atoms with van der Waals surface area (Å²) in [6, 6.07) is 39.8. The van der Waals surface area contributed by atoms with Crippen molar-refractivity contribution in [1.29, 1.82) is 0 Å². The van der Waals surface area contributed by atoms with E-state index in [0.717, 1.165) is 10.2 Å². The van der Waals surface area contributed by atoms with Gasteiger partial charge < -0.3 is 4.90 Å². The van der Waals surface area contributed by atoms with Gasteiger partial charge in [0, 0.05) is 41.4 Å². The predicted molar refractivity (Wildman–Crippen MR) is 159 cm³/mol. The number of hydrogen-bond acceptors (Lipinski definition) is 2. The van der Waals surface area contributed by atoms with Crippen LogP contribution in [0.5, 0.6) is 0 Å². The summed E-state index contributed by atoms with van der Waals surface area (Å²) in [4.78, 5) is 2.43. The quantitative estimate of drug-likeness (QED) is 0.213. The average Bonchev–Trinajstić information content (AvgIpc) is 3.37. The van der Waals surface area contributed by atoms with Gasteiger partial charge in [0.15, 0.2) is 0 Å². The molecule has 1 heterocycles. The molecule has 0 N–H and O–H groups in total. The maximum absolute atomic E-state index is 3.86. The first-order valence-corrected chi connectivity index (χ1v) is 13.8. The highest BCUT2D eigenvalue weighted by atomic mass is 79.9. The van der Waals surface area contributed by atoms with E-state index in [9.17, 15) is 0 Å². The number of thiophene rings is 1. The first kappa shape index (κ1) is 21.8. The maximum atomic E-state index is 3.86. The van der Waals surface area contributed by atoms with Crippen LogP contribution in [-0.2, 0) is 5.41 Å². The van der Waals surface area contributed by atoms with Crippen LogP contribution in [0.15, 0.2) is 114 Å². The smallest absolute Gasteiger partial charge is 0.0519 e. The van der Waals surface area contributed by atoms with Gasteiger partial charge >= 0.3 is 0 Å². The number of rotatable bonds is 3. The Hall–Kier alpha value is -3.40. The molecule has 0 saturated heterocycles. The van der Waals surface area contributed by atoms with Crippen molar-refractivity contribution in [2.45, 2.75) is 19.3 Å². The van der Waals surface area contributed by atoms with Crippen molar-refractivity contribution in [2.75, 3.05) is 4.90 Å². The van der Waals surface area contributed by atoms with Crippen LogP contribution in [0.4, 0.5) is 17.1 Å². The minimum Gasteiger partial charge on any atom is -0.310 e. The zero-order valence-corrected chi connectivity index (χ0v) is 22.5. The average molecular weight is 547 g/mol. The fourth-order valence-corrected chi connectivity index (χ4v) is 7.48. The Morgan fingerprint density at radius 3 is 2.22 bits per heavy atom. The van der Waals surface area contributed by atoms with Crippen molar-refractivity contribution in [3.63, 3.8) is 0 Å². The molecule has 1 aliphatic carbocycles. The van der Waals surface area contributed by atoms with E-state index in [0.29, 0.717) is 0 Å². The third-order valence-electron chi connectivity index (χ3n) is 7.47.